The second-order valence-electron chi connectivity index (χ2n) is 9.37. The van der Waals surface area contributed by atoms with Crippen LogP contribution in [0.4, 0.5) is 4.79 Å². The monoisotopic (exact) mass is 383 g/mol. The van der Waals surface area contributed by atoms with Crippen molar-refractivity contribution in [2.75, 3.05) is 20.2 Å². The third-order valence-corrected chi connectivity index (χ3v) is 5.13. The Morgan fingerprint density at radius 2 is 1.74 bits per heavy atom. The van der Waals surface area contributed by atoms with Gasteiger partial charge in [0.2, 0.25) is 0 Å². The van der Waals surface area contributed by atoms with Crippen molar-refractivity contribution in [3.63, 3.8) is 0 Å². The Balaban J connectivity index is 2.73. The van der Waals surface area contributed by atoms with Gasteiger partial charge in [-0.2, -0.15) is 0 Å². The third kappa shape index (κ3) is 6.81. The Labute approximate surface area is 165 Å². The first-order chi connectivity index (χ1) is 12.2. The fraction of sp³-hybridized carbons (Fsp3) is 0.850. The minimum Gasteiger partial charge on any atom is -0.444 e. The van der Waals surface area contributed by atoms with Gasteiger partial charge >= 0.3 is 13.2 Å². The largest absolute Gasteiger partial charge is 0.460 e. The molecule has 0 saturated carbocycles. The molecule has 0 N–H and O–H groups in total. The number of rotatable bonds is 8. The Morgan fingerprint density at radius 1 is 1.22 bits per heavy atom. The molecule has 1 amide bonds. The van der Waals surface area contributed by atoms with Gasteiger partial charge in [0.05, 0.1) is 23.9 Å². The molecule has 2 unspecified atom stereocenters. The second kappa shape index (κ2) is 8.97. The standard InChI is InChI=1S/C20H38BNO5/c1-11-12-22(17(23)25-18(3,4)5)14-16(24-10)13-15(2)21-26-19(6,7)20(8,9)27-21/h11,15-16H,1,12-14H2,2-10H3. The fourth-order valence-corrected chi connectivity index (χ4v) is 2.84. The van der Waals surface area contributed by atoms with Crippen LogP contribution in [0.25, 0.3) is 0 Å². The van der Waals surface area contributed by atoms with E-state index < -0.39 is 5.60 Å². The minimum atomic E-state index is -0.547. The lowest BCUT2D eigenvalue weighted by atomic mass is 9.70. The van der Waals surface area contributed by atoms with Gasteiger partial charge in [-0.15, -0.1) is 6.58 Å². The average molecular weight is 383 g/mol. The van der Waals surface area contributed by atoms with Gasteiger partial charge in [-0.05, 0) is 60.7 Å². The van der Waals surface area contributed by atoms with Crippen LogP contribution in [0.1, 0.15) is 61.8 Å². The average Bonchev–Trinajstić information content (AvgIpc) is 2.72. The number of carbonyl (C=O) groups excluding carboxylic acids is 1. The van der Waals surface area contributed by atoms with Gasteiger partial charge in [-0.3, -0.25) is 0 Å². The van der Waals surface area contributed by atoms with Crippen LogP contribution in [-0.2, 0) is 18.8 Å². The minimum absolute atomic E-state index is 0.111. The summed E-state index contributed by atoms with van der Waals surface area (Å²) < 4.78 is 23.4. The van der Waals surface area contributed by atoms with Crippen LogP contribution in [-0.4, -0.2) is 61.2 Å². The fourth-order valence-electron chi connectivity index (χ4n) is 2.84. The quantitative estimate of drug-likeness (QED) is 0.462. The zero-order chi connectivity index (χ0) is 21.0. The molecule has 1 aliphatic rings. The summed E-state index contributed by atoms with van der Waals surface area (Å²) in [6.07, 6.45) is 1.86. The number of carbonyl (C=O) groups is 1. The lowest BCUT2D eigenvalue weighted by molar-refractivity contribution is 0.00578. The Hall–Kier alpha value is -1.05. The highest BCUT2D eigenvalue weighted by Crippen LogP contribution is 2.41. The van der Waals surface area contributed by atoms with E-state index in [-0.39, 0.29) is 36.3 Å². The molecular formula is C20H38BNO5. The van der Waals surface area contributed by atoms with Crippen molar-refractivity contribution in [1.29, 1.82) is 0 Å². The van der Waals surface area contributed by atoms with Crippen molar-refractivity contribution in [3.05, 3.63) is 12.7 Å². The molecule has 1 rings (SSSR count). The molecule has 1 saturated heterocycles. The van der Waals surface area contributed by atoms with Crippen LogP contribution in [0.2, 0.25) is 5.82 Å². The summed E-state index contributed by atoms with van der Waals surface area (Å²) in [5.41, 5.74) is -1.27. The molecule has 7 heteroatoms. The molecule has 0 radical (unpaired) electrons. The van der Waals surface area contributed by atoms with E-state index in [0.717, 1.165) is 0 Å². The first-order valence-electron chi connectivity index (χ1n) is 9.69. The van der Waals surface area contributed by atoms with Gasteiger partial charge in [0.25, 0.3) is 0 Å². The van der Waals surface area contributed by atoms with Crippen LogP contribution >= 0.6 is 0 Å². The smallest absolute Gasteiger partial charge is 0.444 e. The molecule has 0 aromatic rings. The van der Waals surface area contributed by atoms with Crippen molar-refractivity contribution in [2.24, 2.45) is 0 Å². The molecule has 0 aliphatic carbocycles. The van der Waals surface area contributed by atoms with Crippen LogP contribution in [0.3, 0.4) is 0 Å². The summed E-state index contributed by atoms with van der Waals surface area (Å²) in [5, 5.41) is 0. The predicted octanol–water partition coefficient (Wildman–Crippen LogP) is 4.30. The summed E-state index contributed by atoms with van der Waals surface area (Å²) in [6, 6.07) is 0. The topological polar surface area (TPSA) is 57.2 Å². The zero-order valence-electron chi connectivity index (χ0n) is 18.6. The highest BCUT2D eigenvalue weighted by Gasteiger charge is 2.52. The third-order valence-electron chi connectivity index (χ3n) is 5.13. The van der Waals surface area contributed by atoms with Crippen molar-refractivity contribution in [3.8, 4) is 0 Å². The molecule has 1 aliphatic heterocycles. The lowest BCUT2D eigenvalue weighted by Crippen LogP contribution is -2.42. The second-order valence-corrected chi connectivity index (χ2v) is 9.37. The van der Waals surface area contributed by atoms with Crippen LogP contribution in [0, 0.1) is 0 Å². The summed E-state index contributed by atoms with van der Waals surface area (Å²) in [7, 11) is 1.35. The van der Waals surface area contributed by atoms with E-state index in [0.29, 0.717) is 19.5 Å². The maximum atomic E-state index is 12.5. The number of methoxy groups -OCH3 is 1. The first-order valence-corrected chi connectivity index (χ1v) is 9.69. The van der Waals surface area contributed by atoms with Gasteiger partial charge in [0.15, 0.2) is 0 Å². The van der Waals surface area contributed by atoms with Gasteiger partial charge < -0.3 is 23.7 Å². The van der Waals surface area contributed by atoms with E-state index >= 15 is 0 Å². The van der Waals surface area contributed by atoms with E-state index in [1.165, 1.54) is 0 Å². The zero-order valence-corrected chi connectivity index (χ0v) is 18.6. The molecule has 0 aromatic heterocycles. The van der Waals surface area contributed by atoms with E-state index in [1.54, 1.807) is 18.1 Å². The van der Waals surface area contributed by atoms with Crippen LogP contribution < -0.4 is 0 Å². The summed E-state index contributed by atoms with van der Waals surface area (Å²) in [5.74, 6) is 0.111. The lowest BCUT2D eigenvalue weighted by Gasteiger charge is -2.32. The van der Waals surface area contributed by atoms with Crippen molar-refractivity contribution in [2.45, 2.75) is 90.5 Å². The van der Waals surface area contributed by atoms with Gasteiger partial charge in [-0.25, -0.2) is 4.79 Å². The number of hydrogen-bond donors (Lipinski definition) is 0. The molecule has 1 fully saturated rings. The molecule has 27 heavy (non-hydrogen) atoms. The van der Waals surface area contributed by atoms with E-state index in [4.69, 9.17) is 18.8 Å². The molecule has 0 aromatic carbocycles. The Bertz CT molecular complexity index is 499. The highest BCUT2D eigenvalue weighted by molar-refractivity contribution is 6.47. The molecule has 0 bridgehead atoms. The Kier molecular flexibility index (Phi) is 7.97. The summed E-state index contributed by atoms with van der Waals surface area (Å²) >= 11 is 0. The molecule has 6 nitrogen and oxygen atoms in total. The molecule has 2 atom stereocenters. The predicted molar refractivity (Wildman–Crippen MR) is 109 cm³/mol. The highest BCUT2D eigenvalue weighted by atomic mass is 16.7. The van der Waals surface area contributed by atoms with Crippen LogP contribution in [0.15, 0.2) is 12.7 Å². The maximum absolute atomic E-state index is 12.5. The number of hydrogen-bond acceptors (Lipinski definition) is 5. The number of ether oxygens (including phenoxy) is 2. The first kappa shape index (κ1) is 24.0. The van der Waals surface area contributed by atoms with Gasteiger partial charge in [0.1, 0.15) is 5.60 Å². The van der Waals surface area contributed by atoms with Gasteiger partial charge in [-0.1, -0.05) is 13.0 Å². The number of nitrogens with zero attached hydrogens (tertiary/aromatic N) is 1. The number of amides is 1. The van der Waals surface area contributed by atoms with E-state index in [1.807, 2.05) is 48.5 Å². The van der Waals surface area contributed by atoms with E-state index in [2.05, 4.69) is 13.5 Å². The van der Waals surface area contributed by atoms with E-state index in [9.17, 15) is 4.79 Å². The SMILES string of the molecule is C=CCN(CC(CC(C)B1OC(C)(C)C(C)(C)O1)OC)C(=O)OC(C)(C)C. The molecule has 0 spiro atoms. The van der Waals surface area contributed by atoms with Crippen molar-refractivity contribution in [1.82, 2.24) is 4.90 Å². The normalized spacial score (nSPS) is 20.9. The van der Waals surface area contributed by atoms with Gasteiger partial charge in [0, 0.05) is 13.7 Å². The molecular weight excluding hydrogens is 345 g/mol. The summed E-state index contributed by atoms with van der Waals surface area (Å²) in [4.78, 5) is 14.1. The van der Waals surface area contributed by atoms with Crippen molar-refractivity contribution >= 4 is 13.2 Å². The van der Waals surface area contributed by atoms with Crippen LogP contribution in [0.5, 0.6) is 0 Å². The molecule has 156 valence electrons. The van der Waals surface area contributed by atoms with Crippen molar-refractivity contribution < 1.29 is 23.6 Å². The summed E-state index contributed by atoms with van der Waals surface area (Å²) in [6.45, 7) is 20.4. The Morgan fingerprint density at radius 3 is 2.15 bits per heavy atom. The molecule has 1 heterocycles. The maximum Gasteiger partial charge on any atom is 0.460 e.